The van der Waals surface area contributed by atoms with Gasteiger partial charge in [0.15, 0.2) is 0 Å². The molecule has 0 spiro atoms. The van der Waals surface area contributed by atoms with Gasteiger partial charge in [0.05, 0.1) is 5.84 Å². The van der Waals surface area contributed by atoms with Gasteiger partial charge in [0.1, 0.15) is 0 Å². The van der Waals surface area contributed by atoms with Crippen LogP contribution in [-0.2, 0) is 0 Å². The molecular formula is C7H16Cl2N2. The highest BCUT2D eigenvalue weighted by Crippen LogP contribution is 2.10. The number of nitrogens with one attached hydrogen (secondary N) is 1. The molecule has 1 heterocycles. The summed E-state index contributed by atoms with van der Waals surface area (Å²) in [7, 11) is 0. The predicted octanol–water partition coefficient (Wildman–Crippen LogP) is 2.17. The van der Waals surface area contributed by atoms with Crippen LogP contribution in [0, 0.1) is 11.3 Å². The molecule has 0 aromatic rings. The fourth-order valence-electron chi connectivity index (χ4n) is 0.836. The minimum absolute atomic E-state index is 0. The second-order valence-corrected chi connectivity index (χ2v) is 3.03. The molecular weight excluding hydrogens is 183 g/mol. The molecule has 1 rings (SSSR count). The molecule has 0 aromatic carbocycles. The summed E-state index contributed by atoms with van der Waals surface area (Å²) in [6, 6.07) is 0. The molecule has 0 bridgehead atoms. The van der Waals surface area contributed by atoms with Crippen molar-refractivity contribution in [2.45, 2.75) is 20.3 Å². The summed E-state index contributed by atoms with van der Waals surface area (Å²) < 4.78 is 0. The minimum Gasteiger partial charge on any atom is -0.357 e. The van der Waals surface area contributed by atoms with E-state index in [1.807, 2.05) is 0 Å². The van der Waals surface area contributed by atoms with Crippen molar-refractivity contribution in [2.24, 2.45) is 5.92 Å². The van der Waals surface area contributed by atoms with E-state index < -0.39 is 0 Å². The number of halogens is 2. The SMILES string of the molecule is CC(C)CC(=N)N1CC1.Cl.Cl. The monoisotopic (exact) mass is 198 g/mol. The number of amidine groups is 1. The molecule has 11 heavy (non-hydrogen) atoms. The maximum absolute atomic E-state index is 7.46. The van der Waals surface area contributed by atoms with Crippen LogP contribution in [0.5, 0.6) is 0 Å². The first-order valence-electron chi connectivity index (χ1n) is 3.52. The van der Waals surface area contributed by atoms with Gasteiger partial charge in [-0.3, -0.25) is 5.41 Å². The maximum atomic E-state index is 7.46. The topological polar surface area (TPSA) is 26.9 Å². The molecule has 1 aliphatic rings. The standard InChI is InChI=1S/C7H14N2.2ClH/c1-6(2)5-7(8)9-3-4-9;;/h6,8H,3-5H2,1-2H3;2*1H. The number of nitrogens with zero attached hydrogens (tertiary/aromatic N) is 1. The Morgan fingerprint density at radius 2 is 1.82 bits per heavy atom. The van der Waals surface area contributed by atoms with Crippen molar-refractivity contribution in [3.05, 3.63) is 0 Å². The third-order valence-electron chi connectivity index (χ3n) is 1.43. The molecule has 1 aliphatic heterocycles. The maximum Gasteiger partial charge on any atom is 0.0961 e. The van der Waals surface area contributed by atoms with Crippen molar-refractivity contribution in [3.63, 3.8) is 0 Å². The highest BCUT2D eigenvalue weighted by molar-refractivity contribution is 5.85. The van der Waals surface area contributed by atoms with Gasteiger partial charge in [-0.25, -0.2) is 0 Å². The van der Waals surface area contributed by atoms with Gasteiger partial charge in [-0.2, -0.15) is 0 Å². The summed E-state index contributed by atoms with van der Waals surface area (Å²) in [6.07, 6.45) is 0.944. The van der Waals surface area contributed by atoms with Gasteiger partial charge < -0.3 is 4.90 Å². The van der Waals surface area contributed by atoms with Gasteiger partial charge in [-0.05, 0) is 5.92 Å². The second kappa shape index (κ2) is 5.67. The van der Waals surface area contributed by atoms with Gasteiger partial charge in [0, 0.05) is 19.5 Å². The van der Waals surface area contributed by atoms with Crippen molar-refractivity contribution in [1.82, 2.24) is 4.90 Å². The van der Waals surface area contributed by atoms with Crippen LogP contribution in [0.4, 0.5) is 0 Å². The van der Waals surface area contributed by atoms with E-state index in [1.165, 1.54) is 0 Å². The molecule has 1 saturated heterocycles. The van der Waals surface area contributed by atoms with Gasteiger partial charge in [0.25, 0.3) is 0 Å². The molecule has 4 heteroatoms. The van der Waals surface area contributed by atoms with Crippen LogP contribution in [0.15, 0.2) is 0 Å². The Balaban J connectivity index is 0. The lowest BCUT2D eigenvalue weighted by molar-refractivity contribution is 0.642. The summed E-state index contributed by atoms with van der Waals surface area (Å²) in [4.78, 5) is 2.10. The molecule has 0 radical (unpaired) electrons. The quantitative estimate of drug-likeness (QED) is 0.411. The fourth-order valence-corrected chi connectivity index (χ4v) is 0.836. The van der Waals surface area contributed by atoms with Gasteiger partial charge in [-0.1, -0.05) is 13.8 Å². The number of rotatable bonds is 2. The predicted molar refractivity (Wildman–Crippen MR) is 53.3 cm³/mol. The van der Waals surface area contributed by atoms with Crippen molar-refractivity contribution in [3.8, 4) is 0 Å². The van der Waals surface area contributed by atoms with Crippen LogP contribution in [0.2, 0.25) is 0 Å². The molecule has 0 unspecified atom stereocenters. The molecule has 1 fully saturated rings. The van der Waals surface area contributed by atoms with E-state index in [0.717, 1.165) is 25.3 Å². The summed E-state index contributed by atoms with van der Waals surface area (Å²) in [5, 5.41) is 7.46. The van der Waals surface area contributed by atoms with E-state index in [-0.39, 0.29) is 24.8 Å². The summed E-state index contributed by atoms with van der Waals surface area (Å²) >= 11 is 0. The molecule has 0 aromatic heterocycles. The molecule has 2 nitrogen and oxygen atoms in total. The first-order valence-corrected chi connectivity index (χ1v) is 3.52. The van der Waals surface area contributed by atoms with Crippen molar-refractivity contribution in [2.75, 3.05) is 13.1 Å². The second-order valence-electron chi connectivity index (χ2n) is 3.03. The van der Waals surface area contributed by atoms with Crippen LogP contribution in [0.25, 0.3) is 0 Å². The smallest absolute Gasteiger partial charge is 0.0961 e. The van der Waals surface area contributed by atoms with Gasteiger partial charge in [0.2, 0.25) is 0 Å². The summed E-state index contributed by atoms with van der Waals surface area (Å²) in [6.45, 7) is 6.53. The Kier molecular flexibility index (Phi) is 7.02. The normalized spacial score (nSPS) is 13.5. The summed E-state index contributed by atoms with van der Waals surface area (Å²) in [5.41, 5.74) is 0. The molecule has 0 saturated carbocycles. The third-order valence-corrected chi connectivity index (χ3v) is 1.43. The van der Waals surface area contributed by atoms with E-state index >= 15 is 0 Å². The average Bonchev–Trinajstić information content (AvgIpc) is 2.40. The number of hydrogen-bond acceptors (Lipinski definition) is 1. The third kappa shape index (κ3) is 5.33. The van der Waals surface area contributed by atoms with Crippen molar-refractivity contribution < 1.29 is 0 Å². The zero-order chi connectivity index (χ0) is 6.85. The van der Waals surface area contributed by atoms with Crippen molar-refractivity contribution >= 4 is 30.6 Å². The van der Waals surface area contributed by atoms with E-state index in [0.29, 0.717) is 5.92 Å². The van der Waals surface area contributed by atoms with E-state index in [1.54, 1.807) is 0 Å². The van der Waals surface area contributed by atoms with Crippen molar-refractivity contribution in [1.29, 1.82) is 5.41 Å². The van der Waals surface area contributed by atoms with Crippen LogP contribution in [-0.4, -0.2) is 23.8 Å². The van der Waals surface area contributed by atoms with E-state index in [2.05, 4.69) is 18.7 Å². The zero-order valence-electron chi connectivity index (χ0n) is 6.96. The first kappa shape index (κ1) is 13.6. The highest BCUT2D eigenvalue weighted by Gasteiger charge is 2.20. The lowest BCUT2D eigenvalue weighted by Crippen LogP contribution is -2.11. The van der Waals surface area contributed by atoms with E-state index in [4.69, 9.17) is 5.41 Å². The van der Waals surface area contributed by atoms with E-state index in [9.17, 15) is 0 Å². The highest BCUT2D eigenvalue weighted by atomic mass is 35.5. The fraction of sp³-hybridized carbons (Fsp3) is 0.857. The van der Waals surface area contributed by atoms with Crippen LogP contribution < -0.4 is 0 Å². The lowest BCUT2D eigenvalue weighted by Gasteiger charge is -2.06. The first-order chi connectivity index (χ1) is 4.20. The Bertz CT molecular complexity index is 122. The Morgan fingerprint density at radius 1 is 1.36 bits per heavy atom. The van der Waals surface area contributed by atoms with Gasteiger partial charge in [-0.15, -0.1) is 24.8 Å². The molecule has 0 aliphatic carbocycles. The lowest BCUT2D eigenvalue weighted by atomic mass is 10.1. The summed E-state index contributed by atoms with van der Waals surface area (Å²) in [5.74, 6) is 1.46. The minimum atomic E-state index is 0. The molecule has 0 amide bonds. The molecule has 1 N–H and O–H groups in total. The zero-order valence-corrected chi connectivity index (χ0v) is 8.60. The van der Waals surface area contributed by atoms with Gasteiger partial charge >= 0.3 is 0 Å². The average molecular weight is 199 g/mol. The molecule has 68 valence electrons. The van der Waals surface area contributed by atoms with Crippen LogP contribution in [0.1, 0.15) is 20.3 Å². The Hall–Kier alpha value is 0.0500. The Morgan fingerprint density at radius 3 is 2.09 bits per heavy atom. The van der Waals surface area contributed by atoms with Crippen LogP contribution >= 0.6 is 24.8 Å². The van der Waals surface area contributed by atoms with Crippen LogP contribution in [0.3, 0.4) is 0 Å². The molecule has 0 atom stereocenters. The largest absolute Gasteiger partial charge is 0.357 e. The number of hydrogen-bond donors (Lipinski definition) is 1. The Labute approximate surface area is 80.7 Å².